The van der Waals surface area contributed by atoms with Crippen molar-refractivity contribution in [1.82, 2.24) is 24.6 Å². The summed E-state index contributed by atoms with van der Waals surface area (Å²) in [4.78, 5) is 38.6. The minimum Gasteiger partial charge on any atom is -0.481 e. The molecule has 3 aromatic rings. The van der Waals surface area contributed by atoms with Crippen molar-refractivity contribution in [2.75, 3.05) is 11.5 Å². The number of nitrogens with zero attached hydrogens (tertiary/aromatic N) is 6. The molecule has 3 heterocycles. The molecule has 1 aromatic carbocycles. The van der Waals surface area contributed by atoms with E-state index in [2.05, 4.69) is 15.1 Å². The summed E-state index contributed by atoms with van der Waals surface area (Å²) in [7, 11) is 1.79. The monoisotopic (exact) mass is 702 g/mol. The molecule has 2 unspecified atom stereocenters. The van der Waals surface area contributed by atoms with Crippen LogP contribution in [-0.4, -0.2) is 66.5 Å². The van der Waals surface area contributed by atoms with Gasteiger partial charge in [-0.1, -0.05) is 32.8 Å². The number of hydrogen-bond donors (Lipinski definition) is 1. The van der Waals surface area contributed by atoms with E-state index in [1.807, 2.05) is 24.9 Å². The minimum absolute atomic E-state index is 0.0393. The van der Waals surface area contributed by atoms with E-state index in [-0.39, 0.29) is 48.4 Å². The lowest BCUT2D eigenvalue weighted by molar-refractivity contribution is -0.151. The van der Waals surface area contributed by atoms with Gasteiger partial charge in [-0.25, -0.2) is 19.2 Å². The summed E-state index contributed by atoms with van der Waals surface area (Å²) in [6.07, 6.45) is 5.94. The Balaban J connectivity index is 1.48. The molecule has 5 rings (SSSR count). The fourth-order valence-electron chi connectivity index (χ4n) is 7.31. The molecule has 0 radical (unpaired) electrons. The topological polar surface area (TPSA) is 114 Å². The Hall–Kier alpha value is -4.23. The first-order valence-corrected chi connectivity index (χ1v) is 17.2. The van der Waals surface area contributed by atoms with Gasteiger partial charge in [0.15, 0.2) is 0 Å². The van der Waals surface area contributed by atoms with Gasteiger partial charge < -0.3 is 19.6 Å². The normalized spacial score (nSPS) is 20.9. The van der Waals surface area contributed by atoms with Crippen LogP contribution >= 0.6 is 0 Å². The third-order valence-electron chi connectivity index (χ3n) is 10.2. The van der Waals surface area contributed by atoms with Crippen molar-refractivity contribution in [1.29, 1.82) is 0 Å². The molecule has 272 valence electrons. The summed E-state index contributed by atoms with van der Waals surface area (Å²) >= 11 is 0. The summed E-state index contributed by atoms with van der Waals surface area (Å²) in [5.74, 6) is -0.675. The Labute approximate surface area is 289 Å². The molecule has 2 atom stereocenters. The van der Waals surface area contributed by atoms with Crippen LogP contribution < -0.4 is 4.90 Å². The van der Waals surface area contributed by atoms with E-state index in [1.54, 1.807) is 35.2 Å². The Bertz CT molecular complexity index is 1600. The van der Waals surface area contributed by atoms with Gasteiger partial charge in [-0.15, -0.1) is 0 Å². The molecule has 1 saturated carbocycles. The first kappa shape index (κ1) is 37.0. The number of alkyl halides is 4. The van der Waals surface area contributed by atoms with Gasteiger partial charge in [-0.3, -0.25) is 9.48 Å². The molecule has 2 aliphatic rings. The number of anilines is 1. The third-order valence-corrected chi connectivity index (χ3v) is 10.2. The maximum Gasteiger partial charge on any atom is 0.416 e. The highest BCUT2D eigenvalue weighted by molar-refractivity contribution is 5.76. The number of carboxylic acid groups (broad SMARTS) is 1. The number of aromatic nitrogens is 4. The number of amides is 1. The van der Waals surface area contributed by atoms with Crippen LogP contribution in [0, 0.1) is 5.41 Å². The molecule has 1 aliphatic heterocycles. The SMILES string of the molecule is CCC1CC(N(Cc2cc(C(C)(C)F)cc(C(F)(F)F)c2)c2ncc(-c3cnn(C)c3)cn2)CC(CC)N1C(=O)OCC1(C(=O)O)CCCC1. The van der Waals surface area contributed by atoms with E-state index in [4.69, 9.17) is 4.74 Å². The molecule has 1 amide bonds. The molecule has 0 spiro atoms. The second-order valence-corrected chi connectivity index (χ2v) is 14.2. The largest absolute Gasteiger partial charge is 0.481 e. The summed E-state index contributed by atoms with van der Waals surface area (Å²) in [6.45, 7) is 6.11. The number of carboxylic acids is 1. The first-order chi connectivity index (χ1) is 23.5. The highest BCUT2D eigenvalue weighted by Gasteiger charge is 2.45. The van der Waals surface area contributed by atoms with Crippen molar-refractivity contribution in [3.05, 3.63) is 59.7 Å². The molecular weight excluding hydrogens is 656 g/mol. The molecule has 14 heteroatoms. The van der Waals surface area contributed by atoms with Crippen molar-refractivity contribution in [3.63, 3.8) is 0 Å². The average molecular weight is 703 g/mol. The van der Waals surface area contributed by atoms with E-state index in [0.29, 0.717) is 44.1 Å². The lowest BCUT2D eigenvalue weighted by Gasteiger charge is -2.47. The predicted molar refractivity (Wildman–Crippen MR) is 179 cm³/mol. The van der Waals surface area contributed by atoms with Gasteiger partial charge in [0.1, 0.15) is 17.7 Å². The van der Waals surface area contributed by atoms with Gasteiger partial charge in [0.25, 0.3) is 0 Å². The number of carbonyl (C=O) groups excluding carboxylic acids is 1. The van der Waals surface area contributed by atoms with Gasteiger partial charge >= 0.3 is 18.2 Å². The predicted octanol–water partition coefficient (Wildman–Crippen LogP) is 7.91. The number of piperidine rings is 1. The zero-order chi connectivity index (χ0) is 36.4. The number of likely N-dealkylation sites (tertiary alicyclic amines) is 1. The third kappa shape index (κ3) is 8.04. The average Bonchev–Trinajstić information content (AvgIpc) is 3.75. The molecule has 1 saturated heterocycles. The second-order valence-electron chi connectivity index (χ2n) is 14.2. The molecule has 1 aliphatic carbocycles. The maximum absolute atomic E-state index is 15.1. The van der Waals surface area contributed by atoms with Crippen LogP contribution in [0.15, 0.2) is 43.0 Å². The number of hydrogen-bond acceptors (Lipinski definition) is 7. The molecule has 0 bridgehead atoms. The summed E-state index contributed by atoms with van der Waals surface area (Å²) in [5.41, 5.74) is -2.38. The van der Waals surface area contributed by atoms with Crippen LogP contribution in [-0.2, 0) is 35.0 Å². The quantitative estimate of drug-likeness (QED) is 0.201. The summed E-state index contributed by atoms with van der Waals surface area (Å²) in [5, 5.41) is 14.1. The van der Waals surface area contributed by atoms with Crippen LogP contribution in [0.2, 0.25) is 0 Å². The summed E-state index contributed by atoms with van der Waals surface area (Å²) < 4.78 is 64.7. The van der Waals surface area contributed by atoms with Gasteiger partial charge in [0.05, 0.1) is 11.8 Å². The Morgan fingerprint density at radius 2 is 1.56 bits per heavy atom. The number of rotatable bonds is 11. The van der Waals surface area contributed by atoms with E-state index >= 15 is 4.39 Å². The number of aryl methyl sites for hydroxylation is 1. The molecule has 10 nitrogen and oxygen atoms in total. The number of aliphatic carboxylic acids is 1. The van der Waals surface area contributed by atoms with Crippen LogP contribution in [0.25, 0.3) is 11.1 Å². The second kappa shape index (κ2) is 14.6. The Morgan fingerprint density at radius 1 is 0.960 bits per heavy atom. The zero-order valence-corrected chi connectivity index (χ0v) is 29.2. The molecule has 2 fully saturated rings. The van der Waals surface area contributed by atoms with Gasteiger partial charge in [0, 0.05) is 61.4 Å². The van der Waals surface area contributed by atoms with Gasteiger partial charge in [0.2, 0.25) is 5.95 Å². The van der Waals surface area contributed by atoms with Gasteiger partial charge in [-0.05, 0) is 75.6 Å². The van der Waals surface area contributed by atoms with Crippen molar-refractivity contribution < 1.29 is 37.0 Å². The number of ether oxygens (including phenoxy) is 1. The van der Waals surface area contributed by atoms with E-state index in [1.165, 1.54) is 19.9 Å². The van der Waals surface area contributed by atoms with E-state index in [0.717, 1.165) is 30.5 Å². The van der Waals surface area contributed by atoms with Crippen molar-refractivity contribution in [2.45, 2.75) is 116 Å². The molecule has 2 aromatic heterocycles. The van der Waals surface area contributed by atoms with Crippen LogP contribution in [0.5, 0.6) is 0 Å². The van der Waals surface area contributed by atoms with E-state index in [9.17, 15) is 27.9 Å². The fraction of sp³-hybridized carbons (Fsp3) is 0.583. The van der Waals surface area contributed by atoms with Crippen LogP contribution in [0.3, 0.4) is 0 Å². The number of carbonyl (C=O) groups is 2. The Morgan fingerprint density at radius 3 is 2.06 bits per heavy atom. The van der Waals surface area contributed by atoms with Crippen LogP contribution in [0.4, 0.5) is 28.3 Å². The lowest BCUT2D eigenvalue weighted by atomic mass is 9.87. The summed E-state index contributed by atoms with van der Waals surface area (Å²) in [6, 6.07) is 2.40. The first-order valence-electron chi connectivity index (χ1n) is 17.2. The molecular formula is C36H46F4N6O4. The van der Waals surface area contributed by atoms with Gasteiger partial charge in [-0.2, -0.15) is 18.3 Å². The minimum atomic E-state index is -4.69. The highest BCUT2D eigenvalue weighted by Crippen LogP contribution is 2.40. The smallest absolute Gasteiger partial charge is 0.416 e. The number of benzene rings is 1. The highest BCUT2D eigenvalue weighted by atomic mass is 19.4. The van der Waals surface area contributed by atoms with Crippen molar-refractivity contribution >= 4 is 18.0 Å². The molecule has 50 heavy (non-hydrogen) atoms. The Kier molecular flexibility index (Phi) is 10.8. The van der Waals surface area contributed by atoms with Crippen LogP contribution in [0.1, 0.15) is 95.8 Å². The van der Waals surface area contributed by atoms with Crippen molar-refractivity contribution in [2.24, 2.45) is 12.5 Å². The fourth-order valence-corrected chi connectivity index (χ4v) is 7.31. The van der Waals surface area contributed by atoms with E-state index < -0.39 is 34.9 Å². The standard InChI is InChI=1S/C36H46F4N6O4/c1-6-28-15-30(16-29(7-2)46(28)33(49)50-22-35(31(47)48)10-8-9-11-35)45(32-41-17-24(18-42-32)25-19-43-44(5)21-25)20-23-12-26(34(3,4)37)14-27(13-23)36(38,39)40/h12-14,17-19,21,28-30H,6-11,15-16,20,22H2,1-5H3,(H,47,48). The molecule has 1 N–H and O–H groups in total. The zero-order valence-electron chi connectivity index (χ0n) is 29.2. The van der Waals surface area contributed by atoms with Crippen molar-refractivity contribution in [3.8, 4) is 11.1 Å². The lowest BCUT2D eigenvalue weighted by Crippen LogP contribution is -2.57. The number of halogens is 4. The maximum atomic E-state index is 15.1.